The molecule has 152 valence electrons. The van der Waals surface area contributed by atoms with Gasteiger partial charge in [0.05, 0.1) is 5.41 Å². The molecule has 0 unspecified atom stereocenters. The first kappa shape index (κ1) is 19.5. The number of rotatable bonds is 3. The molecule has 32 heavy (non-hydrogen) atoms. The Morgan fingerprint density at radius 1 is 0.438 bits per heavy atom. The number of hydrogen-bond donors (Lipinski definition) is 0. The van der Waals surface area contributed by atoms with Gasteiger partial charge >= 0.3 is 0 Å². The third-order valence-electron chi connectivity index (χ3n) is 6.62. The number of benzene rings is 5. The van der Waals surface area contributed by atoms with Crippen molar-refractivity contribution >= 4 is 22.6 Å². The first-order valence-electron chi connectivity index (χ1n) is 10.9. The van der Waals surface area contributed by atoms with Gasteiger partial charge in [0.25, 0.3) is 0 Å². The van der Waals surface area contributed by atoms with Gasteiger partial charge < -0.3 is 0 Å². The Bertz CT molecular complexity index is 1380. The van der Waals surface area contributed by atoms with E-state index in [0.717, 1.165) is 0 Å². The summed E-state index contributed by atoms with van der Waals surface area (Å²) in [7, 11) is 0. The van der Waals surface area contributed by atoms with E-state index in [0.29, 0.717) is 0 Å². The van der Waals surface area contributed by atoms with Crippen molar-refractivity contribution in [1.29, 1.82) is 0 Å². The van der Waals surface area contributed by atoms with Crippen molar-refractivity contribution in [3.05, 3.63) is 153 Å². The van der Waals surface area contributed by atoms with E-state index in [1.807, 2.05) is 0 Å². The Balaban J connectivity index is 1.70. The Kier molecular flexibility index (Phi) is 4.73. The van der Waals surface area contributed by atoms with Crippen molar-refractivity contribution < 1.29 is 0 Å². The van der Waals surface area contributed by atoms with Crippen LogP contribution in [0.3, 0.4) is 0 Å². The average molecular weight is 520 g/mol. The van der Waals surface area contributed by atoms with E-state index >= 15 is 0 Å². The summed E-state index contributed by atoms with van der Waals surface area (Å²) in [6.07, 6.45) is 0. The molecule has 5 aromatic rings. The molecule has 0 bridgehead atoms. The van der Waals surface area contributed by atoms with Gasteiger partial charge in [-0.15, -0.1) is 0 Å². The van der Waals surface area contributed by atoms with Crippen LogP contribution in [0.1, 0.15) is 22.3 Å². The molecule has 0 saturated heterocycles. The van der Waals surface area contributed by atoms with Crippen LogP contribution in [-0.4, -0.2) is 0 Å². The summed E-state index contributed by atoms with van der Waals surface area (Å²) in [5, 5.41) is 0. The maximum Gasteiger partial charge on any atom is 0.0713 e. The minimum absolute atomic E-state index is 0.321. The van der Waals surface area contributed by atoms with Gasteiger partial charge in [0.15, 0.2) is 0 Å². The number of hydrogen-bond acceptors (Lipinski definition) is 0. The second kappa shape index (κ2) is 7.75. The minimum atomic E-state index is -0.321. The Hall–Kier alpha value is -3.17. The van der Waals surface area contributed by atoms with Crippen molar-refractivity contribution in [3.8, 4) is 22.3 Å². The first-order chi connectivity index (χ1) is 15.8. The maximum atomic E-state index is 2.39. The summed E-state index contributed by atoms with van der Waals surface area (Å²) in [5.41, 5.74) is 10.2. The normalized spacial score (nSPS) is 13.4. The van der Waals surface area contributed by atoms with Crippen LogP contribution in [0.2, 0.25) is 0 Å². The molecule has 0 atom stereocenters. The van der Waals surface area contributed by atoms with Gasteiger partial charge in [-0.2, -0.15) is 0 Å². The lowest BCUT2D eigenvalue weighted by Gasteiger charge is -2.33. The molecule has 0 saturated carbocycles. The smallest absolute Gasteiger partial charge is 0.0622 e. The maximum absolute atomic E-state index is 2.39. The highest BCUT2D eigenvalue weighted by Gasteiger charge is 2.45. The van der Waals surface area contributed by atoms with Crippen LogP contribution < -0.4 is 0 Å². The number of halogens is 1. The van der Waals surface area contributed by atoms with Crippen molar-refractivity contribution in [1.82, 2.24) is 0 Å². The van der Waals surface area contributed by atoms with Crippen LogP contribution in [0.25, 0.3) is 22.3 Å². The molecule has 0 nitrogen and oxygen atoms in total. The van der Waals surface area contributed by atoms with E-state index in [2.05, 4.69) is 150 Å². The van der Waals surface area contributed by atoms with Crippen LogP contribution in [0.15, 0.2) is 127 Å². The fourth-order valence-corrected chi connectivity index (χ4v) is 5.84. The molecular weight excluding hydrogens is 499 g/mol. The van der Waals surface area contributed by atoms with Crippen molar-refractivity contribution in [3.63, 3.8) is 0 Å². The van der Waals surface area contributed by atoms with E-state index in [-0.39, 0.29) is 5.41 Å². The average Bonchev–Trinajstić information content (AvgIpc) is 3.16. The molecule has 5 aromatic carbocycles. The molecule has 1 aliphatic rings. The standard InChI is InChI=1S/C31H21I/c32-26-15-9-10-22(20-26)23-18-19-30-28(21-23)27-16-7-8-17-29(27)31(30,24-11-3-1-4-12-24)25-13-5-2-6-14-25/h1-21H. The number of fused-ring (bicyclic) bond motifs is 3. The van der Waals surface area contributed by atoms with E-state index < -0.39 is 0 Å². The fraction of sp³-hybridized carbons (Fsp3) is 0.0323. The lowest BCUT2D eigenvalue weighted by molar-refractivity contribution is 0.768. The third kappa shape index (κ3) is 2.88. The molecule has 0 radical (unpaired) electrons. The van der Waals surface area contributed by atoms with Gasteiger partial charge in [0, 0.05) is 3.57 Å². The molecule has 0 aliphatic heterocycles. The van der Waals surface area contributed by atoms with E-state index in [4.69, 9.17) is 0 Å². The summed E-state index contributed by atoms with van der Waals surface area (Å²) in [6.45, 7) is 0. The molecule has 1 heteroatoms. The Morgan fingerprint density at radius 2 is 1.03 bits per heavy atom. The highest BCUT2D eigenvalue weighted by molar-refractivity contribution is 14.1. The van der Waals surface area contributed by atoms with Crippen LogP contribution in [-0.2, 0) is 5.41 Å². The molecule has 0 amide bonds. The van der Waals surface area contributed by atoms with Crippen molar-refractivity contribution in [2.24, 2.45) is 0 Å². The zero-order valence-corrected chi connectivity index (χ0v) is 19.7. The molecular formula is C31H21I. The second-order valence-corrected chi connectivity index (χ2v) is 9.54. The molecule has 0 N–H and O–H groups in total. The zero-order valence-electron chi connectivity index (χ0n) is 17.5. The summed E-state index contributed by atoms with van der Waals surface area (Å²) >= 11 is 2.39. The fourth-order valence-electron chi connectivity index (χ4n) is 5.30. The first-order valence-corrected chi connectivity index (χ1v) is 12.0. The van der Waals surface area contributed by atoms with Gasteiger partial charge in [-0.1, -0.05) is 109 Å². The Labute approximate surface area is 202 Å². The van der Waals surface area contributed by atoms with Gasteiger partial charge in [0.1, 0.15) is 0 Å². The summed E-state index contributed by atoms with van der Waals surface area (Å²) < 4.78 is 1.25. The second-order valence-electron chi connectivity index (χ2n) is 8.30. The van der Waals surface area contributed by atoms with Gasteiger partial charge in [-0.05, 0) is 85.3 Å². The van der Waals surface area contributed by atoms with Gasteiger partial charge in [-0.25, -0.2) is 0 Å². The van der Waals surface area contributed by atoms with E-state index in [9.17, 15) is 0 Å². The quantitative estimate of drug-likeness (QED) is 0.206. The zero-order chi connectivity index (χ0) is 21.5. The van der Waals surface area contributed by atoms with Crippen LogP contribution >= 0.6 is 22.6 Å². The highest BCUT2D eigenvalue weighted by Crippen LogP contribution is 2.56. The molecule has 0 heterocycles. The monoisotopic (exact) mass is 520 g/mol. The lowest BCUT2D eigenvalue weighted by Crippen LogP contribution is -2.28. The van der Waals surface area contributed by atoms with Crippen LogP contribution in [0.5, 0.6) is 0 Å². The highest BCUT2D eigenvalue weighted by atomic mass is 127. The predicted molar refractivity (Wildman–Crippen MR) is 142 cm³/mol. The summed E-state index contributed by atoms with van der Waals surface area (Å²) in [5.74, 6) is 0. The van der Waals surface area contributed by atoms with Crippen molar-refractivity contribution in [2.75, 3.05) is 0 Å². The van der Waals surface area contributed by atoms with E-state index in [1.54, 1.807) is 0 Å². The summed E-state index contributed by atoms with van der Waals surface area (Å²) in [6, 6.07) is 46.6. The molecule has 0 aromatic heterocycles. The molecule has 1 aliphatic carbocycles. The van der Waals surface area contributed by atoms with E-state index in [1.165, 1.54) is 48.1 Å². The minimum Gasteiger partial charge on any atom is -0.0622 e. The van der Waals surface area contributed by atoms with Gasteiger partial charge in [0.2, 0.25) is 0 Å². The van der Waals surface area contributed by atoms with Gasteiger partial charge in [-0.3, -0.25) is 0 Å². The van der Waals surface area contributed by atoms with Crippen molar-refractivity contribution in [2.45, 2.75) is 5.41 Å². The Morgan fingerprint density at radius 3 is 1.72 bits per heavy atom. The topological polar surface area (TPSA) is 0 Å². The largest absolute Gasteiger partial charge is 0.0713 e. The molecule has 0 spiro atoms. The SMILES string of the molecule is Ic1cccc(-c2ccc3c(c2)-c2ccccc2C3(c2ccccc2)c2ccccc2)c1. The third-order valence-corrected chi connectivity index (χ3v) is 7.29. The summed E-state index contributed by atoms with van der Waals surface area (Å²) in [4.78, 5) is 0. The molecule has 0 fully saturated rings. The van der Waals surface area contributed by atoms with Crippen LogP contribution in [0, 0.1) is 3.57 Å². The van der Waals surface area contributed by atoms with Crippen LogP contribution in [0.4, 0.5) is 0 Å². The molecule has 6 rings (SSSR count). The predicted octanol–water partition coefficient (Wildman–Crippen LogP) is 8.32. The lowest BCUT2D eigenvalue weighted by atomic mass is 9.67.